The zero-order chi connectivity index (χ0) is 10.8. The zero-order valence-corrected chi connectivity index (χ0v) is 9.52. The summed E-state index contributed by atoms with van der Waals surface area (Å²) in [5.74, 6) is 1.35. The minimum atomic E-state index is -0.351. The molecular weight excluding hydrogens is 213 g/mol. The highest BCUT2D eigenvalue weighted by Crippen LogP contribution is 2.36. The van der Waals surface area contributed by atoms with Gasteiger partial charge in [0.25, 0.3) is 0 Å². The minimum Gasteiger partial charge on any atom is -0.312 e. The Kier molecular flexibility index (Phi) is 3.27. The second kappa shape index (κ2) is 4.50. The van der Waals surface area contributed by atoms with E-state index in [4.69, 9.17) is 11.6 Å². The second-order valence-electron chi connectivity index (χ2n) is 4.35. The van der Waals surface area contributed by atoms with E-state index < -0.39 is 0 Å². The van der Waals surface area contributed by atoms with Crippen molar-refractivity contribution in [1.29, 1.82) is 0 Å². The maximum atomic E-state index is 12.9. The van der Waals surface area contributed by atoms with Crippen LogP contribution >= 0.6 is 11.6 Å². The Morgan fingerprint density at radius 3 is 2.87 bits per heavy atom. The molecule has 0 amide bonds. The van der Waals surface area contributed by atoms with E-state index in [0.717, 1.165) is 30.5 Å². The van der Waals surface area contributed by atoms with Gasteiger partial charge >= 0.3 is 0 Å². The predicted octanol–water partition coefficient (Wildman–Crippen LogP) is 3.22. The van der Waals surface area contributed by atoms with Crippen LogP contribution in [0.4, 0.5) is 4.39 Å². The average molecular weight is 228 g/mol. The molecule has 1 aromatic carbocycles. The van der Waals surface area contributed by atoms with Gasteiger partial charge in [0.1, 0.15) is 5.82 Å². The summed E-state index contributed by atoms with van der Waals surface area (Å²) >= 11 is 5.69. The highest BCUT2D eigenvalue weighted by molar-refractivity contribution is 6.30. The van der Waals surface area contributed by atoms with E-state index in [1.165, 1.54) is 12.5 Å². The van der Waals surface area contributed by atoms with Crippen molar-refractivity contribution >= 4 is 11.6 Å². The van der Waals surface area contributed by atoms with Crippen molar-refractivity contribution in [2.24, 2.45) is 11.8 Å². The first-order valence-corrected chi connectivity index (χ1v) is 5.69. The Labute approximate surface area is 94.6 Å². The van der Waals surface area contributed by atoms with E-state index in [9.17, 15) is 4.39 Å². The minimum absolute atomic E-state index is 0.203. The summed E-state index contributed by atoms with van der Waals surface area (Å²) in [6.45, 7) is 4.08. The van der Waals surface area contributed by atoms with Crippen LogP contribution in [0.2, 0.25) is 5.02 Å². The molecule has 2 rings (SSSR count). The van der Waals surface area contributed by atoms with Crippen LogP contribution in [-0.4, -0.2) is 6.54 Å². The Balaban J connectivity index is 1.80. The molecule has 1 N–H and O–H groups in total. The molecule has 0 bridgehead atoms. The van der Waals surface area contributed by atoms with Crippen LogP contribution in [0.3, 0.4) is 0 Å². The third-order valence-corrected chi connectivity index (χ3v) is 3.29. The number of nitrogens with one attached hydrogen (secondary N) is 1. The van der Waals surface area contributed by atoms with Crippen LogP contribution in [0.5, 0.6) is 0 Å². The molecule has 1 saturated carbocycles. The fraction of sp³-hybridized carbons (Fsp3) is 0.500. The smallest absolute Gasteiger partial charge is 0.141 e. The zero-order valence-electron chi connectivity index (χ0n) is 8.76. The maximum Gasteiger partial charge on any atom is 0.141 e. The number of hydrogen-bond donors (Lipinski definition) is 1. The first-order valence-electron chi connectivity index (χ1n) is 5.31. The van der Waals surface area contributed by atoms with Gasteiger partial charge in [0.05, 0.1) is 5.02 Å². The van der Waals surface area contributed by atoms with Gasteiger partial charge in [-0.05, 0) is 42.5 Å². The summed E-state index contributed by atoms with van der Waals surface area (Å²) in [4.78, 5) is 0. The van der Waals surface area contributed by atoms with Gasteiger partial charge in [-0.1, -0.05) is 24.6 Å². The van der Waals surface area contributed by atoms with Gasteiger partial charge in [-0.25, -0.2) is 4.39 Å². The molecule has 2 unspecified atom stereocenters. The molecule has 1 aliphatic carbocycles. The summed E-state index contributed by atoms with van der Waals surface area (Å²) in [6, 6.07) is 4.86. The predicted molar refractivity (Wildman–Crippen MR) is 60.4 cm³/mol. The Morgan fingerprint density at radius 1 is 1.53 bits per heavy atom. The number of benzene rings is 1. The largest absolute Gasteiger partial charge is 0.312 e. The molecule has 82 valence electrons. The molecule has 15 heavy (non-hydrogen) atoms. The van der Waals surface area contributed by atoms with Gasteiger partial charge in [0.15, 0.2) is 0 Å². The molecule has 1 aromatic rings. The molecule has 1 fully saturated rings. The third-order valence-electron chi connectivity index (χ3n) is 3.00. The number of rotatable bonds is 4. The van der Waals surface area contributed by atoms with Crippen molar-refractivity contribution < 1.29 is 4.39 Å². The van der Waals surface area contributed by atoms with E-state index in [1.54, 1.807) is 12.1 Å². The average Bonchev–Trinajstić information content (AvgIpc) is 2.88. The fourth-order valence-corrected chi connectivity index (χ4v) is 1.94. The summed E-state index contributed by atoms with van der Waals surface area (Å²) in [5, 5.41) is 3.56. The van der Waals surface area contributed by atoms with Crippen molar-refractivity contribution in [2.75, 3.05) is 6.54 Å². The van der Waals surface area contributed by atoms with Gasteiger partial charge in [-0.15, -0.1) is 0 Å². The van der Waals surface area contributed by atoms with Crippen molar-refractivity contribution in [3.8, 4) is 0 Å². The van der Waals surface area contributed by atoms with E-state index in [1.807, 2.05) is 0 Å². The topological polar surface area (TPSA) is 12.0 Å². The van der Waals surface area contributed by atoms with Crippen LogP contribution in [-0.2, 0) is 6.54 Å². The third kappa shape index (κ3) is 2.93. The lowest BCUT2D eigenvalue weighted by atomic mass is 10.2. The van der Waals surface area contributed by atoms with E-state index in [-0.39, 0.29) is 10.8 Å². The molecule has 0 spiro atoms. The van der Waals surface area contributed by atoms with Crippen molar-refractivity contribution in [3.63, 3.8) is 0 Å². The summed E-state index contributed by atoms with van der Waals surface area (Å²) in [7, 11) is 0. The molecule has 0 saturated heterocycles. The lowest BCUT2D eigenvalue weighted by Crippen LogP contribution is -2.16. The highest BCUT2D eigenvalue weighted by Gasteiger charge is 2.31. The first-order chi connectivity index (χ1) is 7.16. The lowest BCUT2D eigenvalue weighted by Gasteiger charge is -2.04. The molecule has 0 radical (unpaired) electrons. The molecule has 3 heteroatoms. The van der Waals surface area contributed by atoms with Gasteiger partial charge in [0, 0.05) is 6.54 Å². The normalized spacial score (nSPS) is 24.2. The van der Waals surface area contributed by atoms with Crippen molar-refractivity contribution in [2.45, 2.75) is 19.9 Å². The Bertz CT molecular complexity index is 353. The maximum absolute atomic E-state index is 12.9. The molecular formula is C12H15ClFN. The molecule has 1 aliphatic rings. The van der Waals surface area contributed by atoms with Gasteiger partial charge in [-0.2, -0.15) is 0 Å². The Morgan fingerprint density at radius 2 is 2.27 bits per heavy atom. The monoisotopic (exact) mass is 227 g/mol. The van der Waals surface area contributed by atoms with Gasteiger partial charge in [-0.3, -0.25) is 0 Å². The van der Waals surface area contributed by atoms with Crippen LogP contribution in [0, 0.1) is 17.7 Å². The summed E-state index contributed by atoms with van der Waals surface area (Å²) in [5.41, 5.74) is 1.04. The van der Waals surface area contributed by atoms with Crippen LogP contribution in [0.15, 0.2) is 18.2 Å². The standard InChI is InChI=1S/C12H15ClFN/c1-8-4-10(8)7-15-6-9-2-3-12(14)11(13)5-9/h2-3,5,8,10,15H,4,6-7H2,1H3. The number of halogens is 2. The van der Waals surface area contributed by atoms with Crippen LogP contribution in [0.1, 0.15) is 18.9 Å². The highest BCUT2D eigenvalue weighted by atomic mass is 35.5. The van der Waals surface area contributed by atoms with Crippen molar-refractivity contribution in [3.05, 3.63) is 34.6 Å². The summed E-state index contributed by atoms with van der Waals surface area (Å²) < 4.78 is 12.9. The summed E-state index contributed by atoms with van der Waals surface area (Å²) in [6.07, 6.45) is 1.33. The molecule has 2 atom stereocenters. The fourth-order valence-electron chi connectivity index (χ4n) is 1.73. The van der Waals surface area contributed by atoms with E-state index in [0.29, 0.717) is 0 Å². The first kappa shape index (κ1) is 10.9. The van der Waals surface area contributed by atoms with Crippen LogP contribution < -0.4 is 5.32 Å². The molecule has 0 aliphatic heterocycles. The number of hydrogen-bond acceptors (Lipinski definition) is 1. The van der Waals surface area contributed by atoms with Gasteiger partial charge in [0.2, 0.25) is 0 Å². The lowest BCUT2D eigenvalue weighted by molar-refractivity contribution is 0.607. The Hall–Kier alpha value is -0.600. The quantitative estimate of drug-likeness (QED) is 0.833. The second-order valence-corrected chi connectivity index (χ2v) is 4.76. The molecule has 1 nitrogen and oxygen atoms in total. The van der Waals surface area contributed by atoms with Crippen LogP contribution in [0.25, 0.3) is 0 Å². The van der Waals surface area contributed by atoms with E-state index >= 15 is 0 Å². The van der Waals surface area contributed by atoms with Crippen molar-refractivity contribution in [1.82, 2.24) is 5.32 Å². The molecule has 0 heterocycles. The van der Waals surface area contributed by atoms with Gasteiger partial charge < -0.3 is 5.32 Å². The van der Waals surface area contributed by atoms with E-state index in [2.05, 4.69) is 12.2 Å². The SMILES string of the molecule is CC1CC1CNCc1ccc(F)c(Cl)c1. The molecule has 0 aromatic heterocycles.